The molecule has 0 radical (unpaired) electrons. The van der Waals surface area contributed by atoms with Gasteiger partial charge >= 0.3 is 16.2 Å². The van der Waals surface area contributed by atoms with Crippen molar-refractivity contribution in [2.45, 2.75) is 11.8 Å². The molecule has 3 rings (SSSR count). The van der Waals surface area contributed by atoms with Gasteiger partial charge in [-0.05, 0) is 43.3 Å². The van der Waals surface area contributed by atoms with Crippen LogP contribution in [-0.4, -0.2) is 38.2 Å². The number of nitrogens with one attached hydrogen (secondary N) is 2. The molecule has 0 saturated heterocycles. The van der Waals surface area contributed by atoms with E-state index < -0.39 is 16.2 Å². The van der Waals surface area contributed by atoms with Crippen LogP contribution < -0.4 is 14.2 Å². The Morgan fingerprint density at radius 2 is 1.85 bits per heavy atom. The van der Waals surface area contributed by atoms with E-state index in [9.17, 15) is 13.2 Å². The van der Waals surface area contributed by atoms with Crippen molar-refractivity contribution in [2.75, 3.05) is 19.0 Å². The molecule has 10 heteroatoms. The van der Waals surface area contributed by atoms with Crippen molar-refractivity contribution in [3.63, 3.8) is 0 Å². The van der Waals surface area contributed by atoms with E-state index in [1.165, 1.54) is 31.4 Å². The van der Waals surface area contributed by atoms with E-state index in [1.807, 2.05) is 6.92 Å². The smallest absolute Gasteiger partial charge is 0.413 e. The number of benzene rings is 2. The highest BCUT2D eigenvalue weighted by atomic mass is 32.2. The standard InChI is InChI=1S/C17H17N3O6S/c1-3-25-11-4-7-13(8-5-11)27(22,23)26-12-6-9-14-15(10-12)19-16(18-14)20-17(21)24-2/h4-10H,3H2,1-2H3,(H2,18,19,20,21). The minimum absolute atomic E-state index is 0.00343. The summed E-state index contributed by atoms with van der Waals surface area (Å²) in [5.74, 6) is 0.842. The Morgan fingerprint density at radius 3 is 2.52 bits per heavy atom. The van der Waals surface area contributed by atoms with Gasteiger partial charge < -0.3 is 18.6 Å². The quantitative estimate of drug-likeness (QED) is 0.620. The van der Waals surface area contributed by atoms with E-state index in [0.29, 0.717) is 23.4 Å². The van der Waals surface area contributed by atoms with E-state index in [-0.39, 0.29) is 16.6 Å². The van der Waals surface area contributed by atoms with E-state index in [0.717, 1.165) is 0 Å². The molecular weight excluding hydrogens is 374 g/mol. The van der Waals surface area contributed by atoms with Gasteiger partial charge in [0.25, 0.3) is 0 Å². The zero-order valence-electron chi connectivity index (χ0n) is 14.6. The van der Waals surface area contributed by atoms with Crippen LogP contribution in [0.1, 0.15) is 6.92 Å². The number of fused-ring (bicyclic) bond motifs is 1. The fourth-order valence-electron chi connectivity index (χ4n) is 2.29. The molecule has 2 aromatic carbocycles. The van der Waals surface area contributed by atoms with Crippen LogP contribution in [-0.2, 0) is 14.9 Å². The lowest BCUT2D eigenvalue weighted by Gasteiger charge is -2.08. The minimum Gasteiger partial charge on any atom is -0.494 e. The SMILES string of the molecule is CCOc1ccc(S(=O)(=O)Oc2ccc3nc(NC(=O)OC)[nH]c3c2)cc1. The number of aromatic amines is 1. The molecule has 0 unspecified atom stereocenters. The van der Waals surface area contributed by atoms with Crippen LogP contribution in [0.5, 0.6) is 11.5 Å². The summed E-state index contributed by atoms with van der Waals surface area (Å²) in [5.41, 5.74) is 1.01. The number of carbonyl (C=O) groups excluding carboxylic acids is 1. The second kappa shape index (κ2) is 7.54. The normalized spacial score (nSPS) is 11.2. The second-order valence-electron chi connectivity index (χ2n) is 5.32. The Bertz CT molecular complexity index is 1060. The number of carbonyl (C=O) groups is 1. The summed E-state index contributed by atoms with van der Waals surface area (Å²) >= 11 is 0. The first kappa shape index (κ1) is 18.5. The van der Waals surface area contributed by atoms with Gasteiger partial charge in [0.1, 0.15) is 16.4 Å². The van der Waals surface area contributed by atoms with E-state index >= 15 is 0 Å². The molecule has 0 spiro atoms. The second-order valence-corrected chi connectivity index (χ2v) is 6.87. The molecule has 1 amide bonds. The van der Waals surface area contributed by atoms with Gasteiger partial charge in [-0.1, -0.05) is 0 Å². The molecule has 0 atom stereocenters. The number of hydrogen-bond acceptors (Lipinski definition) is 7. The van der Waals surface area contributed by atoms with Crippen molar-refractivity contribution < 1.29 is 26.9 Å². The first-order chi connectivity index (χ1) is 12.9. The topological polar surface area (TPSA) is 120 Å². The van der Waals surface area contributed by atoms with Gasteiger partial charge in [0.15, 0.2) is 0 Å². The van der Waals surface area contributed by atoms with Gasteiger partial charge in [0.2, 0.25) is 5.95 Å². The summed E-state index contributed by atoms with van der Waals surface area (Å²) in [4.78, 5) is 18.2. The van der Waals surface area contributed by atoms with Crippen LogP contribution in [0.3, 0.4) is 0 Å². The Morgan fingerprint density at radius 1 is 1.15 bits per heavy atom. The summed E-state index contributed by atoms with van der Waals surface area (Å²) in [6.07, 6.45) is -0.677. The molecule has 0 fully saturated rings. The Balaban J connectivity index is 1.81. The van der Waals surface area contributed by atoms with Crippen molar-refractivity contribution in [1.82, 2.24) is 9.97 Å². The lowest BCUT2D eigenvalue weighted by Crippen LogP contribution is -2.11. The summed E-state index contributed by atoms with van der Waals surface area (Å²) < 4.78 is 39.8. The molecule has 2 N–H and O–H groups in total. The van der Waals surface area contributed by atoms with E-state index in [2.05, 4.69) is 20.0 Å². The van der Waals surface area contributed by atoms with Crippen LogP contribution in [0, 0.1) is 0 Å². The fourth-order valence-corrected chi connectivity index (χ4v) is 3.21. The Labute approximate surface area is 155 Å². The number of H-pyrrole nitrogens is 1. The van der Waals surface area contributed by atoms with Crippen molar-refractivity contribution in [3.8, 4) is 11.5 Å². The average molecular weight is 391 g/mol. The third-order valence-electron chi connectivity index (χ3n) is 3.49. The molecule has 0 bridgehead atoms. The summed E-state index contributed by atoms with van der Waals surface area (Å²) in [5, 5.41) is 2.39. The van der Waals surface area contributed by atoms with Crippen molar-refractivity contribution in [3.05, 3.63) is 42.5 Å². The monoisotopic (exact) mass is 391 g/mol. The fraction of sp³-hybridized carbons (Fsp3) is 0.176. The highest BCUT2D eigenvalue weighted by molar-refractivity contribution is 7.87. The van der Waals surface area contributed by atoms with Crippen LogP contribution in [0.15, 0.2) is 47.4 Å². The summed E-state index contributed by atoms with van der Waals surface area (Å²) in [7, 11) is -2.78. The van der Waals surface area contributed by atoms with Crippen LogP contribution >= 0.6 is 0 Å². The Hall–Kier alpha value is -3.27. The lowest BCUT2D eigenvalue weighted by molar-refractivity contribution is 0.186. The molecule has 1 heterocycles. The maximum Gasteiger partial charge on any atom is 0.413 e. The predicted molar refractivity (Wildman–Crippen MR) is 97.5 cm³/mol. The molecular formula is C17H17N3O6S. The summed E-state index contributed by atoms with van der Waals surface area (Å²) in [6, 6.07) is 10.4. The highest BCUT2D eigenvalue weighted by Gasteiger charge is 2.17. The van der Waals surface area contributed by atoms with E-state index in [1.54, 1.807) is 18.2 Å². The van der Waals surface area contributed by atoms with Gasteiger partial charge in [0.05, 0.1) is 24.8 Å². The van der Waals surface area contributed by atoms with Crippen LogP contribution in [0.25, 0.3) is 11.0 Å². The lowest BCUT2D eigenvalue weighted by atomic mass is 10.3. The molecule has 142 valence electrons. The molecule has 0 aliphatic heterocycles. The molecule has 0 aliphatic rings. The number of methoxy groups -OCH3 is 1. The molecule has 3 aromatic rings. The largest absolute Gasteiger partial charge is 0.494 e. The first-order valence-electron chi connectivity index (χ1n) is 7.93. The molecule has 0 aliphatic carbocycles. The number of aromatic nitrogens is 2. The minimum atomic E-state index is -4.01. The number of amides is 1. The zero-order valence-corrected chi connectivity index (χ0v) is 15.4. The van der Waals surface area contributed by atoms with Crippen LogP contribution in [0.4, 0.5) is 10.7 Å². The summed E-state index contributed by atoms with van der Waals surface area (Å²) in [6.45, 7) is 2.32. The van der Waals surface area contributed by atoms with Crippen molar-refractivity contribution in [1.29, 1.82) is 0 Å². The molecule has 9 nitrogen and oxygen atoms in total. The maximum absolute atomic E-state index is 12.4. The molecule has 1 aromatic heterocycles. The number of rotatable bonds is 6. The number of ether oxygens (including phenoxy) is 2. The molecule has 0 saturated carbocycles. The molecule has 27 heavy (non-hydrogen) atoms. The number of anilines is 1. The van der Waals surface area contributed by atoms with Crippen molar-refractivity contribution in [2.24, 2.45) is 0 Å². The Kier molecular flexibility index (Phi) is 5.17. The zero-order chi connectivity index (χ0) is 19.4. The predicted octanol–water partition coefficient (Wildman–Crippen LogP) is 2.91. The van der Waals surface area contributed by atoms with Gasteiger partial charge in [-0.3, -0.25) is 5.32 Å². The first-order valence-corrected chi connectivity index (χ1v) is 9.34. The number of hydrogen-bond donors (Lipinski definition) is 2. The third kappa shape index (κ3) is 4.29. The third-order valence-corrected chi connectivity index (χ3v) is 4.75. The van der Waals surface area contributed by atoms with Gasteiger partial charge in [-0.15, -0.1) is 0 Å². The number of imidazole rings is 1. The van der Waals surface area contributed by atoms with Gasteiger partial charge in [-0.25, -0.2) is 9.78 Å². The van der Waals surface area contributed by atoms with E-state index in [4.69, 9.17) is 8.92 Å². The highest BCUT2D eigenvalue weighted by Crippen LogP contribution is 2.25. The average Bonchev–Trinajstić information content (AvgIpc) is 3.03. The van der Waals surface area contributed by atoms with Gasteiger partial charge in [0, 0.05) is 6.07 Å². The number of nitrogens with zero attached hydrogens (tertiary/aromatic N) is 1. The van der Waals surface area contributed by atoms with Crippen LogP contribution in [0.2, 0.25) is 0 Å². The van der Waals surface area contributed by atoms with Crippen molar-refractivity contribution >= 4 is 33.2 Å². The van der Waals surface area contributed by atoms with Gasteiger partial charge in [-0.2, -0.15) is 8.42 Å². The maximum atomic E-state index is 12.4.